The second-order valence-electron chi connectivity index (χ2n) is 7.68. The third-order valence-electron chi connectivity index (χ3n) is 5.37. The molecule has 5 rings (SSSR count). The molecule has 2 amide bonds. The van der Waals surface area contributed by atoms with E-state index in [1.54, 1.807) is 12.1 Å². The first-order valence-electron chi connectivity index (χ1n) is 10.1. The Kier molecular flexibility index (Phi) is 5.07. The van der Waals surface area contributed by atoms with Gasteiger partial charge in [0.15, 0.2) is 11.5 Å². The summed E-state index contributed by atoms with van der Waals surface area (Å²) >= 11 is 1.43. The van der Waals surface area contributed by atoms with Crippen LogP contribution in [0.2, 0.25) is 0 Å². The average molecular weight is 448 g/mol. The number of imide groups is 1. The molecule has 2 aromatic carbocycles. The molecule has 162 valence electrons. The summed E-state index contributed by atoms with van der Waals surface area (Å²) in [7, 11) is 3.93. The molecule has 2 aliphatic rings. The third kappa shape index (κ3) is 3.58. The molecule has 2 aliphatic heterocycles. The van der Waals surface area contributed by atoms with Gasteiger partial charge in [-0.2, -0.15) is 0 Å². The van der Waals surface area contributed by atoms with Crippen molar-refractivity contribution >= 4 is 40.1 Å². The van der Waals surface area contributed by atoms with Gasteiger partial charge in [-0.15, -0.1) is 11.3 Å². The quantitative estimate of drug-likeness (QED) is 0.578. The fourth-order valence-electron chi connectivity index (χ4n) is 3.69. The maximum Gasteiger partial charge on any atom is 0.278 e. The van der Waals surface area contributed by atoms with Crippen molar-refractivity contribution in [3.8, 4) is 11.5 Å². The van der Waals surface area contributed by atoms with E-state index in [9.17, 15) is 9.59 Å². The number of anilines is 2. The maximum atomic E-state index is 13.4. The van der Waals surface area contributed by atoms with Gasteiger partial charge < -0.3 is 19.7 Å². The van der Waals surface area contributed by atoms with Crippen molar-refractivity contribution < 1.29 is 19.1 Å². The number of hydrogen-bond acceptors (Lipinski definition) is 7. The molecule has 7 nitrogen and oxygen atoms in total. The van der Waals surface area contributed by atoms with Crippen LogP contribution in [0.4, 0.5) is 11.4 Å². The molecule has 1 N–H and O–H groups in total. The number of nitrogens with zero attached hydrogens (tertiary/aromatic N) is 2. The maximum absolute atomic E-state index is 13.4. The van der Waals surface area contributed by atoms with Gasteiger partial charge in [0, 0.05) is 30.3 Å². The van der Waals surface area contributed by atoms with E-state index in [2.05, 4.69) is 5.32 Å². The van der Waals surface area contributed by atoms with Crippen molar-refractivity contribution in [2.75, 3.05) is 31.1 Å². The van der Waals surface area contributed by atoms with Crippen molar-refractivity contribution in [3.63, 3.8) is 0 Å². The van der Waals surface area contributed by atoms with Crippen LogP contribution in [-0.4, -0.2) is 37.6 Å². The highest BCUT2D eigenvalue weighted by Gasteiger charge is 2.39. The Morgan fingerprint density at radius 2 is 1.78 bits per heavy atom. The number of thiophene rings is 1. The smallest absolute Gasteiger partial charge is 0.278 e. The van der Waals surface area contributed by atoms with Gasteiger partial charge in [0.25, 0.3) is 11.8 Å². The van der Waals surface area contributed by atoms with E-state index in [4.69, 9.17) is 9.47 Å². The second-order valence-corrected chi connectivity index (χ2v) is 8.63. The highest BCUT2D eigenvalue weighted by Crippen LogP contribution is 2.36. The van der Waals surface area contributed by atoms with E-state index in [1.807, 2.05) is 66.8 Å². The summed E-state index contributed by atoms with van der Waals surface area (Å²) in [5.74, 6) is 0.608. The topological polar surface area (TPSA) is 71.1 Å². The number of nitrogens with one attached hydrogen (secondary N) is 1. The minimum atomic E-state index is -0.354. The minimum Gasteiger partial charge on any atom is -0.454 e. The Morgan fingerprint density at radius 1 is 1.00 bits per heavy atom. The molecule has 0 radical (unpaired) electrons. The largest absolute Gasteiger partial charge is 0.454 e. The monoisotopic (exact) mass is 447 g/mol. The summed E-state index contributed by atoms with van der Waals surface area (Å²) in [6.07, 6.45) is 0. The van der Waals surface area contributed by atoms with Crippen LogP contribution in [0.25, 0.3) is 5.57 Å². The summed E-state index contributed by atoms with van der Waals surface area (Å²) in [5, 5.41) is 5.09. The van der Waals surface area contributed by atoms with Gasteiger partial charge in [0.2, 0.25) is 6.79 Å². The normalized spacial score (nSPS) is 15.0. The van der Waals surface area contributed by atoms with Crippen molar-refractivity contribution in [3.05, 3.63) is 76.1 Å². The number of hydrogen-bond donors (Lipinski definition) is 1. The van der Waals surface area contributed by atoms with Crippen LogP contribution in [-0.2, 0) is 16.1 Å². The predicted octanol–water partition coefficient (Wildman–Crippen LogP) is 3.94. The SMILES string of the molecule is CN(C)c1ccc(NC2=C(c3cccs3)C(=O)N(Cc3ccc4c(c3)OCO4)C2=O)cc1. The zero-order chi connectivity index (χ0) is 22.2. The lowest BCUT2D eigenvalue weighted by atomic mass is 10.1. The fourth-order valence-corrected chi connectivity index (χ4v) is 4.46. The molecule has 0 bridgehead atoms. The molecule has 0 saturated carbocycles. The molecule has 0 fully saturated rings. The molecule has 0 unspecified atom stereocenters. The molecule has 0 aliphatic carbocycles. The van der Waals surface area contributed by atoms with Crippen molar-refractivity contribution in [2.24, 2.45) is 0 Å². The van der Waals surface area contributed by atoms with Gasteiger partial charge in [-0.05, 0) is 53.4 Å². The zero-order valence-electron chi connectivity index (χ0n) is 17.6. The molecular weight excluding hydrogens is 426 g/mol. The zero-order valence-corrected chi connectivity index (χ0v) is 18.4. The van der Waals surface area contributed by atoms with Crippen molar-refractivity contribution in [1.82, 2.24) is 4.90 Å². The summed E-state index contributed by atoms with van der Waals surface area (Å²) < 4.78 is 10.8. The van der Waals surface area contributed by atoms with Crippen LogP contribution >= 0.6 is 11.3 Å². The van der Waals surface area contributed by atoms with E-state index in [1.165, 1.54) is 16.2 Å². The molecule has 1 aromatic heterocycles. The molecule has 3 aromatic rings. The van der Waals surface area contributed by atoms with Crippen molar-refractivity contribution in [1.29, 1.82) is 0 Å². The van der Waals surface area contributed by atoms with Crippen LogP contribution in [0, 0.1) is 0 Å². The number of carbonyl (C=O) groups excluding carboxylic acids is 2. The van der Waals surface area contributed by atoms with Gasteiger partial charge in [-0.25, -0.2) is 0 Å². The van der Waals surface area contributed by atoms with E-state index in [0.717, 1.165) is 21.8 Å². The minimum absolute atomic E-state index is 0.147. The van der Waals surface area contributed by atoms with E-state index >= 15 is 0 Å². The van der Waals surface area contributed by atoms with Crippen LogP contribution < -0.4 is 19.7 Å². The van der Waals surface area contributed by atoms with E-state index in [0.29, 0.717) is 17.1 Å². The Labute approximate surface area is 189 Å². The molecular formula is C24H21N3O4S. The Hall–Kier alpha value is -3.78. The molecule has 8 heteroatoms. The number of rotatable bonds is 6. The van der Waals surface area contributed by atoms with Crippen LogP contribution in [0.5, 0.6) is 11.5 Å². The number of ether oxygens (including phenoxy) is 2. The van der Waals surface area contributed by atoms with Crippen LogP contribution in [0.15, 0.2) is 65.7 Å². The average Bonchev–Trinajstić information content (AvgIpc) is 3.52. The molecule has 0 atom stereocenters. The lowest BCUT2D eigenvalue weighted by Crippen LogP contribution is -2.31. The number of carbonyl (C=O) groups is 2. The van der Waals surface area contributed by atoms with Crippen LogP contribution in [0.3, 0.4) is 0 Å². The predicted molar refractivity (Wildman–Crippen MR) is 124 cm³/mol. The first-order valence-corrected chi connectivity index (χ1v) is 11.0. The van der Waals surface area contributed by atoms with Crippen LogP contribution in [0.1, 0.15) is 10.4 Å². The lowest BCUT2D eigenvalue weighted by molar-refractivity contribution is -0.137. The van der Waals surface area contributed by atoms with Gasteiger partial charge in [-0.3, -0.25) is 14.5 Å². The third-order valence-corrected chi connectivity index (χ3v) is 6.25. The van der Waals surface area contributed by atoms with Gasteiger partial charge in [-0.1, -0.05) is 12.1 Å². The standard InChI is InChI=1S/C24H21N3O4S/c1-26(2)17-8-6-16(7-9-17)25-22-21(20-4-3-11-32-20)23(28)27(24(22)29)13-15-5-10-18-19(12-15)31-14-30-18/h3-12,25H,13-14H2,1-2H3. The van der Waals surface area contributed by atoms with Crippen molar-refractivity contribution in [2.45, 2.75) is 6.54 Å². The van der Waals surface area contributed by atoms with Gasteiger partial charge >= 0.3 is 0 Å². The summed E-state index contributed by atoms with van der Waals surface area (Å²) in [6.45, 7) is 0.319. The summed E-state index contributed by atoms with van der Waals surface area (Å²) in [6, 6.07) is 16.9. The second kappa shape index (κ2) is 8.05. The molecule has 3 heterocycles. The highest BCUT2D eigenvalue weighted by molar-refractivity contribution is 7.11. The number of amides is 2. The first-order chi connectivity index (χ1) is 15.5. The lowest BCUT2D eigenvalue weighted by Gasteiger charge is -2.16. The van der Waals surface area contributed by atoms with Gasteiger partial charge in [0.05, 0.1) is 12.1 Å². The van der Waals surface area contributed by atoms with Gasteiger partial charge in [0.1, 0.15) is 5.70 Å². The van der Waals surface area contributed by atoms with E-state index < -0.39 is 0 Å². The molecule has 0 spiro atoms. The number of benzene rings is 2. The summed E-state index contributed by atoms with van der Waals surface area (Å²) in [5.41, 5.74) is 3.25. The highest BCUT2D eigenvalue weighted by atomic mass is 32.1. The Morgan fingerprint density at radius 3 is 2.50 bits per heavy atom. The number of fused-ring (bicyclic) bond motifs is 1. The Bertz CT molecular complexity index is 1220. The molecule has 0 saturated heterocycles. The summed E-state index contributed by atoms with van der Waals surface area (Å²) in [4.78, 5) is 30.7. The molecule has 32 heavy (non-hydrogen) atoms. The van der Waals surface area contributed by atoms with E-state index in [-0.39, 0.29) is 30.8 Å². The fraction of sp³-hybridized carbons (Fsp3) is 0.167. The first kappa shape index (κ1) is 20.1. The Balaban J connectivity index is 1.45.